The van der Waals surface area contributed by atoms with Crippen LogP contribution in [0.1, 0.15) is 12.1 Å². The minimum atomic E-state index is -0.909. The van der Waals surface area contributed by atoms with E-state index in [0.717, 1.165) is 5.69 Å². The van der Waals surface area contributed by atoms with Crippen molar-refractivity contribution in [2.45, 2.75) is 12.8 Å². The van der Waals surface area contributed by atoms with Crippen molar-refractivity contribution in [1.29, 1.82) is 0 Å². The van der Waals surface area contributed by atoms with E-state index in [-0.39, 0.29) is 0 Å². The number of nitrogens with zero attached hydrogens (tertiary/aromatic N) is 1. The van der Waals surface area contributed by atoms with E-state index in [4.69, 9.17) is 10.8 Å². The van der Waals surface area contributed by atoms with Crippen molar-refractivity contribution in [2.24, 2.45) is 5.73 Å². The molecule has 0 aromatic carbocycles. The lowest BCUT2D eigenvalue weighted by atomic mass is 10.1. The Balaban J connectivity index is 2.65. The smallest absolute Gasteiger partial charge is 0.331 e. The second-order valence-electron chi connectivity index (χ2n) is 2.87. The SMILES string of the molecule is NCC/C=C(/Cc1cnc[nH]1)C(=O)O. The fourth-order valence-electron chi connectivity index (χ4n) is 1.08. The van der Waals surface area contributed by atoms with Gasteiger partial charge in [-0.25, -0.2) is 9.78 Å². The van der Waals surface area contributed by atoms with Gasteiger partial charge in [-0.2, -0.15) is 0 Å². The van der Waals surface area contributed by atoms with Crippen LogP contribution >= 0.6 is 0 Å². The molecule has 0 aliphatic carbocycles. The third kappa shape index (κ3) is 3.02. The topological polar surface area (TPSA) is 92.0 Å². The summed E-state index contributed by atoms with van der Waals surface area (Å²) in [4.78, 5) is 17.5. The summed E-state index contributed by atoms with van der Waals surface area (Å²) in [5.74, 6) is -0.909. The molecule has 0 saturated heterocycles. The predicted octanol–water partition coefficient (Wildman–Crippen LogP) is 0.312. The van der Waals surface area contributed by atoms with E-state index in [9.17, 15) is 4.79 Å². The highest BCUT2D eigenvalue weighted by Crippen LogP contribution is 2.05. The number of nitrogens with two attached hydrogens (primary N) is 1. The monoisotopic (exact) mass is 195 g/mol. The van der Waals surface area contributed by atoms with Gasteiger partial charge >= 0.3 is 5.97 Å². The van der Waals surface area contributed by atoms with E-state index < -0.39 is 5.97 Å². The molecule has 0 aliphatic rings. The van der Waals surface area contributed by atoms with Crippen molar-refractivity contribution in [3.63, 3.8) is 0 Å². The number of H-pyrrole nitrogens is 1. The molecule has 5 heteroatoms. The van der Waals surface area contributed by atoms with Crippen LogP contribution in [0.3, 0.4) is 0 Å². The number of aromatic nitrogens is 2. The molecule has 14 heavy (non-hydrogen) atoms. The van der Waals surface area contributed by atoms with Crippen molar-refractivity contribution in [3.8, 4) is 0 Å². The summed E-state index contributed by atoms with van der Waals surface area (Å²) in [7, 11) is 0. The molecule has 0 amide bonds. The number of carbonyl (C=O) groups is 1. The molecule has 76 valence electrons. The van der Waals surface area contributed by atoms with Gasteiger partial charge in [0.25, 0.3) is 0 Å². The lowest BCUT2D eigenvalue weighted by molar-refractivity contribution is -0.132. The largest absolute Gasteiger partial charge is 0.478 e. The third-order valence-corrected chi connectivity index (χ3v) is 1.77. The first-order chi connectivity index (χ1) is 6.74. The first-order valence-electron chi connectivity index (χ1n) is 4.33. The molecule has 0 atom stereocenters. The molecular formula is C9H13N3O2. The molecule has 0 radical (unpaired) electrons. The fourth-order valence-corrected chi connectivity index (χ4v) is 1.08. The van der Waals surface area contributed by atoms with Gasteiger partial charge in [-0.15, -0.1) is 0 Å². The summed E-state index contributed by atoms with van der Waals surface area (Å²) >= 11 is 0. The highest BCUT2D eigenvalue weighted by Gasteiger charge is 2.08. The van der Waals surface area contributed by atoms with E-state index in [1.54, 1.807) is 12.3 Å². The minimum absolute atomic E-state index is 0.347. The molecule has 0 aliphatic heterocycles. The molecule has 5 nitrogen and oxygen atoms in total. The van der Waals surface area contributed by atoms with Crippen molar-refractivity contribution in [2.75, 3.05) is 6.54 Å². The predicted molar refractivity (Wildman–Crippen MR) is 51.7 cm³/mol. The van der Waals surface area contributed by atoms with Crippen LogP contribution in [0.2, 0.25) is 0 Å². The summed E-state index contributed by atoms with van der Waals surface area (Å²) in [6.45, 7) is 0.458. The molecule has 1 aromatic rings. The zero-order valence-corrected chi connectivity index (χ0v) is 7.73. The summed E-state index contributed by atoms with van der Waals surface area (Å²) in [5.41, 5.74) is 6.43. The molecule has 0 unspecified atom stereocenters. The first kappa shape index (κ1) is 10.5. The maximum Gasteiger partial charge on any atom is 0.331 e. The average Bonchev–Trinajstić information content (AvgIpc) is 2.64. The number of aliphatic carboxylic acids is 1. The number of carboxylic acid groups (broad SMARTS) is 1. The van der Waals surface area contributed by atoms with Crippen LogP contribution in [-0.4, -0.2) is 27.6 Å². The number of hydrogen-bond acceptors (Lipinski definition) is 3. The van der Waals surface area contributed by atoms with E-state index in [1.807, 2.05) is 0 Å². The zero-order chi connectivity index (χ0) is 10.4. The van der Waals surface area contributed by atoms with Crippen molar-refractivity contribution >= 4 is 5.97 Å². The van der Waals surface area contributed by atoms with Gasteiger partial charge in [0.05, 0.1) is 6.33 Å². The van der Waals surface area contributed by atoms with Gasteiger partial charge in [0.15, 0.2) is 0 Å². The minimum Gasteiger partial charge on any atom is -0.478 e. The molecule has 0 saturated carbocycles. The Bertz CT molecular complexity index is 317. The highest BCUT2D eigenvalue weighted by atomic mass is 16.4. The van der Waals surface area contributed by atoms with Gasteiger partial charge < -0.3 is 15.8 Å². The van der Waals surface area contributed by atoms with E-state index in [0.29, 0.717) is 25.0 Å². The highest BCUT2D eigenvalue weighted by molar-refractivity contribution is 5.86. The van der Waals surface area contributed by atoms with E-state index in [2.05, 4.69) is 9.97 Å². The van der Waals surface area contributed by atoms with E-state index in [1.165, 1.54) is 6.33 Å². The van der Waals surface area contributed by atoms with Crippen molar-refractivity contribution in [3.05, 3.63) is 29.9 Å². The maximum absolute atomic E-state index is 10.8. The normalized spacial score (nSPS) is 11.6. The van der Waals surface area contributed by atoms with Crippen LogP contribution in [0.4, 0.5) is 0 Å². The fraction of sp³-hybridized carbons (Fsp3) is 0.333. The maximum atomic E-state index is 10.8. The van der Waals surface area contributed by atoms with Crippen LogP contribution in [0.5, 0.6) is 0 Å². The molecule has 4 N–H and O–H groups in total. The molecule has 1 rings (SSSR count). The van der Waals surface area contributed by atoms with Crippen LogP contribution in [0.15, 0.2) is 24.2 Å². The van der Waals surface area contributed by atoms with Crippen molar-refractivity contribution in [1.82, 2.24) is 9.97 Å². The van der Waals surface area contributed by atoms with Gasteiger partial charge in [0.1, 0.15) is 0 Å². The van der Waals surface area contributed by atoms with Crippen LogP contribution in [0.25, 0.3) is 0 Å². The molecule has 1 aromatic heterocycles. The summed E-state index contributed by atoms with van der Waals surface area (Å²) in [6.07, 6.45) is 5.71. The van der Waals surface area contributed by atoms with Gasteiger partial charge in [0, 0.05) is 23.9 Å². The number of aromatic amines is 1. The Morgan fingerprint density at radius 2 is 2.50 bits per heavy atom. The van der Waals surface area contributed by atoms with Gasteiger partial charge in [0.2, 0.25) is 0 Å². The summed E-state index contributed by atoms with van der Waals surface area (Å²) in [6, 6.07) is 0. The Kier molecular flexibility index (Phi) is 3.87. The van der Waals surface area contributed by atoms with Crippen LogP contribution in [0, 0.1) is 0 Å². The number of rotatable bonds is 5. The number of hydrogen-bond donors (Lipinski definition) is 3. The zero-order valence-electron chi connectivity index (χ0n) is 7.73. The average molecular weight is 195 g/mol. The Hall–Kier alpha value is -1.62. The Morgan fingerprint density at radius 3 is 3.00 bits per heavy atom. The van der Waals surface area contributed by atoms with E-state index >= 15 is 0 Å². The number of nitrogens with one attached hydrogen (secondary N) is 1. The standard InChI is InChI=1S/C9H13N3O2/c10-3-1-2-7(9(13)14)4-8-5-11-6-12-8/h2,5-6H,1,3-4,10H2,(H,11,12)(H,13,14)/b7-2-. The summed E-state index contributed by atoms with van der Waals surface area (Å²) < 4.78 is 0. The molecule has 0 fully saturated rings. The first-order valence-corrected chi connectivity index (χ1v) is 4.33. The van der Waals surface area contributed by atoms with Crippen molar-refractivity contribution < 1.29 is 9.90 Å². The quantitative estimate of drug-likeness (QED) is 0.590. The third-order valence-electron chi connectivity index (χ3n) is 1.77. The van der Waals surface area contributed by atoms with Gasteiger partial charge in [-0.1, -0.05) is 6.08 Å². The molecule has 1 heterocycles. The second kappa shape index (κ2) is 5.18. The van der Waals surface area contributed by atoms with Crippen LogP contribution < -0.4 is 5.73 Å². The summed E-state index contributed by atoms with van der Waals surface area (Å²) in [5, 5.41) is 8.86. The van der Waals surface area contributed by atoms with Gasteiger partial charge in [-0.3, -0.25) is 0 Å². The number of imidazole rings is 1. The van der Waals surface area contributed by atoms with Gasteiger partial charge in [-0.05, 0) is 13.0 Å². The Labute approximate surface area is 81.7 Å². The lowest BCUT2D eigenvalue weighted by Crippen LogP contribution is -2.06. The lowest BCUT2D eigenvalue weighted by Gasteiger charge is -1.99. The molecule has 0 bridgehead atoms. The molecule has 0 spiro atoms. The number of carboxylic acids is 1. The van der Waals surface area contributed by atoms with Crippen LogP contribution in [-0.2, 0) is 11.2 Å². The molecular weight excluding hydrogens is 182 g/mol. The Morgan fingerprint density at radius 1 is 1.71 bits per heavy atom. The second-order valence-corrected chi connectivity index (χ2v) is 2.87.